The Bertz CT molecular complexity index is 1550. The van der Waals surface area contributed by atoms with Gasteiger partial charge in [0.25, 0.3) is 0 Å². The Hall–Kier alpha value is -4.66. The number of hydrogen-bond acceptors (Lipinski definition) is 9. The van der Waals surface area contributed by atoms with Gasteiger partial charge in [0.05, 0.1) is 20.6 Å². The van der Waals surface area contributed by atoms with Crippen LogP contribution in [0.4, 0.5) is 0 Å². The van der Waals surface area contributed by atoms with Crippen LogP contribution in [-0.4, -0.2) is 35.5 Å². The lowest BCUT2D eigenvalue weighted by Crippen LogP contribution is -2.22. The van der Waals surface area contributed by atoms with Gasteiger partial charge in [-0.05, 0) is 24.3 Å². The van der Waals surface area contributed by atoms with Crippen LogP contribution in [0.1, 0.15) is 23.5 Å². The van der Waals surface area contributed by atoms with Crippen molar-refractivity contribution in [1.82, 2.24) is 0 Å². The largest absolute Gasteiger partial charge is 0.507 e. The average molecular weight is 476 g/mol. The molecule has 1 aliphatic rings. The standard InChI is InChI=1S/C26H20O9/c1-32-13-4-5-14(21(8-13)33-2)15-9-23(31)34-22-11-19(30)25-18(29)10-20(35-26(25)24(15)22)12-3-6-16(27)17(28)7-12/h3-8,10-11,15,27-28,30H,9H2,1-2H3/t15-/m1/s1. The van der Waals surface area contributed by atoms with Crippen molar-refractivity contribution in [2.45, 2.75) is 12.3 Å². The smallest absolute Gasteiger partial charge is 0.312 e. The van der Waals surface area contributed by atoms with Crippen molar-refractivity contribution in [3.63, 3.8) is 0 Å². The van der Waals surface area contributed by atoms with Crippen molar-refractivity contribution in [3.8, 4) is 45.8 Å². The van der Waals surface area contributed by atoms with Crippen molar-refractivity contribution in [2.75, 3.05) is 14.2 Å². The minimum absolute atomic E-state index is 0.0328. The van der Waals surface area contributed by atoms with Gasteiger partial charge in [-0.2, -0.15) is 0 Å². The highest BCUT2D eigenvalue weighted by molar-refractivity contribution is 5.93. The first-order valence-corrected chi connectivity index (χ1v) is 10.6. The summed E-state index contributed by atoms with van der Waals surface area (Å²) in [4.78, 5) is 25.6. The van der Waals surface area contributed by atoms with Crippen molar-refractivity contribution in [3.05, 3.63) is 69.9 Å². The third-order valence-corrected chi connectivity index (χ3v) is 6.00. The third kappa shape index (κ3) is 3.67. The average Bonchev–Trinajstić information content (AvgIpc) is 2.84. The van der Waals surface area contributed by atoms with Gasteiger partial charge in [-0.1, -0.05) is 6.07 Å². The number of phenols is 3. The fourth-order valence-electron chi connectivity index (χ4n) is 4.35. The highest BCUT2D eigenvalue weighted by Crippen LogP contribution is 2.48. The molecule has 0 amide bonds. The van der Waals surface area contributed by atoms with Crippen molar-refractivity contribution < 1.29 is 38.7 Å². The Morgan fingerprint density at radius 3 is 2.40 bits per heavy atom. The van der Waals surface area contributed by atoms with Gasteiger partial charge in [0.2, 0.25) is 0 Å². The van der Waals surface area contributed by atoms with Crippen molar-refractivity contribution >= 4 is 16.9 Å². The van der Waals surface area contributed by atoms with Gasteiger partial charge < -0.3 is 33.9 Å². The third-order valence-electron chi connectivity index (χ3n) is 6.00. The summed E-state index contributed by atoms with van der Waals surface area (Å²) >= 11 is 0. The number of ether oxygens (including phenoxy) is 3. The van der Waals surface area contributed by atoms with Crippen LogP contribution in [0.5, 0.6) is 34.5 Å². The molecule has 0 saturated heterocycles. The molecule has 9 nitrogen and oxygen atoms in total. The van der Waals surface area contributed by atoms with E-state index in [0.717, 1.165) is 0 Å². The number of aromatic hydroxyl groups is 3. The molecule has 0 radical (unpaired) electrons. The lowest BCUT2D eigenvalue weighted by Gasteiger charge is -2.27. The molecule has 0 saturated carbocycles. The van der Waals surface area contributed by atoms with E-state index in [1.807, 2.05) is 0 Å². The molecule has 5 rings (SSSR count). The number of hydrogen-bond donors (Lipinski definition) is 3. The monoisotopic (exact) mass is 476 g/mol. The molecule has 0 bridgehead atoms. The Balaban J connectivity index is 1.81. The predicted molar refractivity (Wildman–Crippen MR) is 125 cm³/mol. The zero-order valence-corrected chi connectivity index (χ0v) is 18.7. The molecule has 1 aliphatic heterocycles. The molecule has 0 spiro atoms. The number of carbonyl (C=O) groups is 1. The number of benzene rings is 3. The van der Waals surface area contributed by atoms with E-state index in [1.54, 1.807) is 18.2 Å². The molecular weight excluding hydrogens is 456 g/mol. The molecule has 178 valence electrons. The first kappa shape index (κ1) is 22.1. The fraction of sp³-hybridized carbons (Fsp3) is 0.154. The zero-order valence-electron chi connectivity index (χ0n) is 18.7. The van der Waals surface area contributed by atoms with Crippen LogP contribution in [0.25, 0.3) is 22.3 Å². The van der Waals surface area contributed by atoms with Crippen LogP contribution in [-0.2, 0) is 4.79 Å². The van der Waals surface area contributed by atoms with Gasteiger partial charge >= 0.3 is 5.97 Å². The van der Waals surface area contributed by atoms with E-state index >= 15 is 0 Å². The highest BCUT2D eigenvalue weighted by atomic mass is 16.5. The molecular formula is C26H20O9. The van der Waals surface area contributed by atoms with E-state index in [4.69, 9.17) is 18.6 Å². The topological polar surface area (TPSA) is 136 Å². The van der Waals surface area contributed by atoms with E-state index in [9.17, 15) is 24.9 Å². The SMILES string of the molecule is COc1ccc([C@H]2CC(=O)Oc3cc(O)c4c(=O)cc(-c5ccc(O)c(O)c5)oc4c32)c(OC)c1. The number of esters is 1. The summed E-state index contributed by atoms with van der Waals surface area (Å²) in [6.45, 7) is 0. The molecule has 3 aromatic carbocycles. The molecule has 4 aromatic rings. The van der Waals surface area contributed by atoms with Crippen molar-refractivity contribution in [2.24, 2.45) is 0 Å². The first-order chi connectivity index (χ1) is 16.8. The van der Waals surface area contributed by atoms with Crippen LogP contribution in [0.3, 0.4) is 0 Å². The maximum absolute atomic E-state index is 13.1. The van der Waals surface area contributed by atoms with E-state index in [1.165, 1.54) is 44.6 Å². The molecule has 3 N–H and O–H groups in total. The van der Waals surface area contributed by atoms with E-state index < -0.39 is 28.8 Å². The molecule has 0 unspecified atom stereocenters. The number of carbonyl (C=O) groups excluding carboxylic acids is 1. The Labute approximate surface area is 198 Å². The number of fused-ring (bicyclic) bond motifs is 3. The van der Waals surface area contributed by atoms with E-state index in [0.29, 0.717) is 28.2 Å². The summed E-state index contributed by atoms with van der Waals surface area (Å²) in [5.74, 6) is -1.11. The molecule has 35 heavy (non-hydrogen) atoms. The van der Waals surface area contributed by atoms with Gasteiger partial charge in [-0.15, -0.1) is 0 Å². The van der Waals surface area contributed by atoms with Crippen LogP contribution in [0.2, 0.25) is 0 Å². The predicted octanol–water partition coefficient (Wildman–Crippen LogP) is 4.04. The number of methoxy groups -OCH3 is 2. The second kappa shape index (κ2) is 8.28. The Morgan fingerprint density at radius 1 is 0.886 bits per heavy atom. The maximum atomic E-state index is 13.1. The van der Waals surface area contributed by atoms with Gasteiger partial charge in [-0.25, -0.2) is 0 Å². The second-order valence-corrected chi connectivity index (χ2v) is 8.03. The van der Waals surface area contributed by atoms with Gasteiger partial charge in [-0.3, -0.25) is 9.59 Å². The lowest BCUT2D eigenvalue weighted by molar-refractivity contribution is -0.135. The minimum Gasteiger partial charge on any atom is -0.507 e. The highest BCUT2D eigenvalue weighted by Gasteiger charge is 2.35. The molecule has 1 aromatic heterocycles. The van der Waals surface area contributed by atoms with Crippen LogP contribution in [0, 0.1) is 0 Å². The molecule has 9 heteroatoms. The summed E-state index contributed by atoms with van der Waals surface area (Å²) in [6, 6.07) is 11.5. The molecule has 1 atom stereocenters. The second-order valence-electron chi connectivity index (χ2n) is 8.03. The Morgan fingerprint density at radius 2 is 1.69 bits per heavy atom. The number of rotatable bonds is 4. The zero-order chi connectivity index (χ0) is 24.9. The summed E-state index contributed by atoms with van der Waals surface area (Å²) in [6.07, 6.45) is -0.0660. The lowest BCUT2D eigenvalue weighted by atomic mass is 9.84. The molecule has 0 fully saturated rings. The van der Waals surface area contributed by atoms with Crippen LogP contribution in [0.15, 0.2) is 57.7 Å². The first-order valence-electron chi connectivity index (χ1n) is 10.6. The molecule has 0 aliphatic carbocycles. The minimum atomic E-state index is -0.623. The summed E-state index contributed by atoms with van der Waals surface area (Å²) in [5, 5.41) is 30.1. The summed E-state index contributed by atoms with van der Waals surface area (Å²) < 4.78 is 22.3. The van der Waals surface area contributed by atoms with Gasteiger partial charge in [0.15, 0.2) is 16.9 Å². The van der Waals surface area contributed by atoms with E-state index in [-0.39, 0.29) is 34.6 Å². The normalized spacial score (nSPS) is 14.9. The maximum Gasteiger partial charge on any atom is 0.312 e. The fourth-order valence-corrected chi connectivity index (χ4v) is 4.35. The quantitative estimate of drug-likeness (QED) is 0.226. The summed E-state index contributed by atoms with van der Waals surface area (Å²) in [5.41, 5.74) is 0.844. The van der Waals surface area contributed by atoms with Gasteiger partial charge in [0.1, 0.15) is 39.7 Å². The van der Waals surface area contributed by atoms with Crippen LogP contribution >= 0.6 is 0 Å². The van der Waals surface area contributed by atoms with Crippen LogP contribution < -0.4 is 19.6 Å². The van der Waals surface area contributed by atoms with E-state index in [2.05, 4.69) is 0 Å². The number of phenolic OH excluding ortho intramolecular Hbond substituents is 3. The van der Waals surface area contributed by atoms with Gasteiger partial charge in [0, 0.05) is 40.8 Å². The Kier molecular flexibility index (Phi) is 5.24. The summed E-state index contributed by atoms with van der Waals surface area (Å²) in [7, 11) is 3.01. The molecule has 2 heterocycles. The van der Waals surface area contributed by atoms with Crippen molar-refractivity contribution in [1.29, 1.82) is 0 Å².